The molecule has 110 valence electrons. The SMILES string of the molecule is CC(C)(C)OC(=O)N(SF)c1nccc(Cl)c1[N+](=O)[O-]. The van der Waals surface area contributed by atoms with Crippen LogP contribution in [0.25, 0.3) is 0 Å². The molecule has 0 aliphatic heterocycles. The molecule has 1 amide bonds. The minimum Gasteiger partial charge on any atom is -0.443 e. The maximum absolute atomic E-state index is 13.0. The lowest BCUT2D eigenvalue weighted by Gasteiger charge is -2.23. The molecule has 0 aliphatic carbocycles. The highest BCUT2D eigenvalue weighted by Gasteiger charge is 2.33. The van der Waals surface area contributed by atoms with Gasteiger partial charge in [-0.05, 0) is 26.8 Å². The van der Waals surface area contributed by atoms with Crippen LogP contribution in [0.15, 0.2) is 12.3 Å². The molecule has 0 radical (unpaired) electrons. The molecular weight excluding hydrogens is 313 g/mol. The number of nitro groups is 1. The number of pyridine rings is 1. The Kier molecular flexibility index (Phi) is 5.12. The van der Waals surface area contributed by atoms with Gasteiger partial charge in [0.2, 0.25) is 5.82 Å². The van der Waals surface area contributed by atoms with Gasteiger partial charge in [-0.25, -0.2) is 9.78 Å². The largest absolute Gasteiger partial charge is 0.443 e. The highest BCUT2D eigenvalue weighted by Crippen LogP contribution is 2.36. The predicted octanol–water partition coefficient (Wildman–Crippen LogP) is 3.92. The monoisotopic (exact) mass is 323 g/mol. The summed E-state index contributed by atoms with van der Waals surface area (Å²) in [6.07, 6.45) is 0.000923. The van der Waals surface area contributed by atoms with Crippen molar-refractivity contribution in [2.75, 3.05) is 4.31 Å². The molecule has 0 fully saturated rings. The summed E-state index contributed by atoms with van der Waals surface area (Å²) in [5, 5.41) is 10.7. The van der Waals surface area contributed by atoms with Gasteiger partial charge in [-0.2, -0.15) is 4.31 Å². The summed E-state index contributed by atoms with van der Waals surface area (Å²) in [6, 6.07) is 1.17. The number of hydrogen-bond acceptors (Lipinski definition) is 6. The third kappa shape index (κ3) is 3.94. The van der Waals surface area contributed by atoms with Gasteiger partial charge in [-0.15, -0.1) is 3.89 Å². The second-order valence-corrected chi connectivity index (χ2v) is 5.48. The van der Waals surface area contributed by atoms with Crippen LogP contribution in [-0.4, -0.2) is 21.6 Å². The van der Waals surface area contributed by atoms with Crippen LogP contribution in [0.1, 0.15) is 20.8 Å². The van der Waals surface area contributed by atoms with Crippen molar-refractivity contribution in [2.45, 2.75) is 26.4 Å². The van der Waals surface area contributed by atoms with E-state index in [0.29, 0.717) is 4.31 Å². The van der Waals surface area contributed by atoms with Crippen molar-refractivity contribution in [1.29, 1.82) is 0 Å². The molecule has 1 aromatic heterocycles. The Balaban J connectivity index is 3.23. The zero-order chi connectivity index (χ0) is 15.5. The van der Waals surface area contributed by atoms with E-state index in [9.17, 15) is 18.8 Å². The quantitative estimate of drug-likeness (QED) is 0.476. The van der Waals surface area contributed by atoms with E-state index in [4.69, 9.17) is 16.3 Å². The number of hydrogen-bond donors (Lipinski definition) is 0. The molecule has 0 spiro atoms. The summed E-state index contributed by atoms with van der Waals surface area (Å²) >= 11 is 5.12. The van der Waals surface area contributed by atoms with Gasteiger partial charge in [-0.1, -0.05) is 11.6 Å². The van der Waals surface area contributed by atoms with E-state index < -0.39 is 40.5 Å². The number of aromatic nitrogens is 1. The van der Waals surface area contributed by atoms with Crippen LogP contribution in [0.4, 0.5) is 20.2 Å². The van der Waals surface area contributed by atoms with Crippen molar-refractivity contribution >= 4 is 41.5 Å². The average molecular weight is 324 g/mol. The molecule has 7 nitrogen and oxygen atoms in total. The van der Waals surface area contributed by atoms with Crippen molar-refractivity contribution in [1.82, 2.24) is 4.98 Å². The normalized spacial score (nSPS) is 11.1. The third-order valence-corrected chi connectivity index (χ3v) is 2.62. The molecule has 1 heterocycles. The van der Waals surface area contributed by atoms with Crippen LogP contribution in [0.2, 0.25) is 5.02 Å². The van der Waals surface area contributed by atoms with Gasteiger partial charge in [0.05, 0.1) is 4.92 Å². The zero-order valence-corrected chi connectivity index (χ0v) is 12.4. The highest BCUT2D eigenvalue weighted by molar-refractivity contribution is 7.96. The second-order valence-electron chi connectivity index (χ2n) is 4.57. The number of anilines is 1. The Morgan fingerprint density at radius 3 is 2.65 bits per heavy atom. The average Bonchev–Trinajstić information content (AvgIpc) is 2.26. The Labute approximate surface area is 123 Å². The molecule has 1 rings (SSSR count). The van der Waals surface area contributed by atoms with Gasteiger partial charge in [-0.3, -0.25) is 10.1 Å². The fraction of sp³-hybridized carbons (Fsp3) is 0.400. The number of rotatable bonds is 3. The topological polar surface area (TPSA) is 85.6 Å². The number of carbonyl (C=O) groups excluding carboxylic acids is 1. The molecule has 0 atom stereocenters. The number of nitrogens with zero attached hydrogens (tertiary/aromatic N) is 3. The van der Waals surface area contributed by atoms with Crippen LogP contribution in [0.3, 0.4) is 0 Å². The lowest BCUT2D eigenvalue weighted by Crippen LogP contribution is -2.33. The van der Waals surface area contributed by atoms with Gasteiger partial charge in [0.15, 0.2) is 12.3 Å². The van der Waals surface area contributed by atoms with Crippen LogP contribution >= 0.6 is 23.9 Å². The van der Waals surface area contributed by atoms with E-state index >= 15 is 0 Å². The van der Waals surface area contributed by atoms with Crippen LogP contribution in [0.5, 0.6) is 0 Å². The first-order valence-corrected chi connectivity index (χ1v) is 6.33. The van der Waals surface area contributed by atoms with Crippen LogP contribution in [-0.2, 0) is 4.74 Å². The molecule has 0 bridgehead atoms. The lowest BCUT2D eigenvalue weighted by atomic mass is 10.2. The summed E-state index contributed by atoms with van der Waals surface area (Å²) in [7, 11) is 0. The Morgan fingerprint density at radius 2 is 2.20 bits per heavy atom. The maximum atomic E-state index is 13.0. The molecule has 1 aromatic rings. The number of carbonyl (C=O) groups is 1. The molecule has 10 heteroatoms. The highest BCUT2D eigenvalue weighted by atomic mass is 35.5. The smallest absolute Gasteiger partial charge is 0.428 e. The van der Waals surface area contributed by atoms with Crippen molar-refractivity contribution in [2.24, 2.45) is 0 Å². The van der Waals surface area contributed by atoms with Crippen LogP contribution in [0, 0.1) is 10.1 Å². The van der Waals surface area contributed by atoms with E-state index in [-0.39, 0.29) is 5.02 Å². The first-order valence-electron chi connectivity index (χ1n) is 5.28. The van der Waals surface area contributed by atoms with Crippen molar-refractivity contribution in [3.05, 3.63) is 27.4 Å². The van der Waals surface area contributed by atoms with Crippen molar-refractivity contribution < 1.29 is 18.3 Å². The van der Waals surface area contributed by atoms with Crippen molar-refractivity contribution in [3.63, 3.8) is 0 Å². The van der Waals surface area contributed by atoms with E-state index in [0.717, 1.165) is 6.20 Å². The molecule has 0 aliphatic rings. The molecule has 0 unspecified atom stereocenters. The van der Waals surface area contributed by atoms with Crippen molar-refractivity contribution in [3.8, 4) is 0 Å². The lowest BCUT2D eigenvalue weighted by molar-refractivity contribution is -0.384. The third-order valence-electron chi connectivity index (χ3n) is 1.86. The second kappa shape index (κ2) is 6.23. The molecule has 0 N–H and O–H groups in total. The number of ether oxygens (including phenoxy) is 1. The summed E-state index contributed by atoms with van der Waals surface area (Å²) in [4.78, 5) is 25.5. The number of halogens is 2. The van der Waals surface area contributed by atoms with Gasteiger partial charge in [0, 0.05) is 6.20 Å². The number of amides is 1. The molecule has 0 saturated carbocycles. The predicted molar refractivity (Wildman–Crippen MR) is 73.3 cm³/mol. The molecule has 0 saturated heterocycles. The minimum absolute atomic E-state index is 0.261. The Morgan fingerprint density at radius 1 is 1.60 bits per heavy atom. The first kappa shape index (κ1) is 16.4. The minimum atomic E-state index is -1.12. The summed E-state index contributed by atoms with van der Waals surface area (Å²) in [5.41, 5.74) is -1.57. The van der Waals surface area contributed by atoms with Gasteiger partial charge in [0.25, 0.3) is 0 Å². The Bertz CT molecular complexity index is 538. The van der Waals surface area contributed by atoms with Crippen LogP contribution < -0.4 is 4.31 Å². The Hall–Kier alpha value is -1.61. The molecule has 20 heavy (non-hydrogen) atoms. The molecular formula is C10H11ClFN3O4S. The fourth-order valence-electron chi connectivity index (χ4n) is 1.19. The maximum Gasteiger partial charge on any atom is 0.428 e. The van der Waals surface area contributed by atoms with E-state index in [1.165, 1.54) is 6.07 Å². The van der Waals surface area contributed by atoms with E-state index in [2.05, 4.69) is 4.98 Å². The standard InChI is InChI=1S/C10H11ClFN3O4S/c1-10(2,3)19-9(16)14(20-12)8-7(15(17)18)6(11)4-5-13-8/h4-5H,1-3H3. The zero-order valence-electron chi connectivity index (χ0n) is 10.8. The summed E-state index contributed by atoms with van der Waals surface area (Å²) in [5.74, 6) is -0.538. The van der Waals surface area contributed by atoms with E-state index in [1.807, 2.05) is 0 Å². The molecule has 0 aromatic carbocycles. The summed E-state index contributed by atoms with van der Waals surface area (Å²) in [6.45, 7) is 4.73. The van der Waals surface area contributed by atoms with Gasteiger partial charge in [0.1, 0.15) is 10.6 Å². The van der Waals surface area contributed by atoms with Gasteiger partial charge >= 0.3 is 11.8 Å². The summed E-state index contributed by atoms with van der Waals surface area (Å²) < 4.78 is 18.2. The fourth-order valence-corrected chi connectivity index (χ4v) is 1.69. The van der Waals surface area contributed by atoms with Gasteiger partial charge < -0.3 is 4.74 Å². The first-order chi connectivity index (χ1) is 9.17. The van der Waals surface area contributed by atoms with E-state index in [1.54, 1.807) is 20.8 Å².